The largest absolute Gasteiger partial charge is 0.465 e. The summed E-state index contributed by atoms with van der Waals surface area (Å²) in [5.74, 6) is -0.849. The van der Waals surface area contributed by atoms with E-state index in [4.69, 9.17) is 0 Å². The molecular weight excluding hydrogens is 370 g/mol. The van der Waals surface area contributed by atoms with Crippen molar-refractivity contribution in [3.8, 4) is 0 Å². The first kappa shape index (κ1) is 18.2. The van der Waals surface area contributed by atoms with Gasteiger partial charge in [-0.3, -0.25) is 14.9 Å². The third kappa shape index (κ3) is 4.15. The lowest BCUT2D eigenvalue weighted by Crippen LogP contribution is -2.16. The van der Waals surface area contributed by atoms with Gasteiger partial charge in [0.15, 0.2) is 0 Å². The fourth-order valence-electron chi connectivity index (χ4n) is 2.30. The number of nitro groups is 1. The Morgan fingerprint density at radius 3 is 2.59 bits per heavy atom. The van der Waals surface area contributed by atoms with Crippen molar-refractivity contribution < 1.29 is 19.2 Å². The zero-order valence-corrected chi connectivity index (χ0v) is 14.9. The van der Waals surface area contributed by atoms with Gasteiger partial charge in [-0.25, -0.2) is 10.2 Å². The molecule has 1 heterocycles. The maximum Gasteiger partial charge on any atom is 0.337 e. The number of esters is 1. The summed E-state index contributed by atoms with van der Waals surface area (Å²) in [6.07, 6.45) is 1.44. The molecule has 0 fully saturated rings. The van der Waals surface area contributed by atoms with Crippen molar-refractivity contribution in [3.63, 3.8) is 0 Å². The summed E-state index contributed by atoms with van der Waals surface area (Å²) in [5, 5.41) is 15.3. The summed E-state index contributed by atoms with van der Waals surface area (Å²) in [5.41, 5.74) is 3.49. The number of methoxy groups -OCH3 is 1. The van der Waals surface area contributed by atoms with Gasteiger partial charge in [-0.1, -0.05) is 12.1 Å². The van der Waals surface area contributed by atoms with E-state index in [9.17, 15) is 19.7 Å². The number of nitro benzene ring substituents is 1. The Kier molecular flexibility index (Phi) is 5.23. The van der Waals surface area contributed by atoms with Crippen molar-refractivity contribution in [1.82, 2.24) is 5.43 Å². The Bertz CT molecular complexity index is 1060. The topological polar surface area (TPSA) is 111 Å². The molecule has 136 valence electrons. The Hall–Kier alpha value is -3.59. The highest BCUT2D eigenvalue weighted by molar-refractivity contribution is 7.20. The van der Waals surface area contributed by atoms with E-state index in [1.54, 1.807) is 36.4 Å². The van der Waals surface area contributed by atoms with E-state index in [-0.39, 0.29) is 5.69 Å². The average molecular weight is 383 g/mol. The predicted molar refractivity (Wildman–Crippen MR) is 101 cm³/mol. The van der Waals surface area contributed by atoms with E-state index < -0.39 is 16.8 Å². The number of rotatable bonds is 5. The molecule has 0 aliphatic carbocycles. The lowest BCUT2D eigenvalue weighted by molar-refractivity contribution is -0.384. The molecule has 0 saturated carbocycles. The van der Waals surface area contributed by atoms with Gasteiger partial charge in [0.1, 0.15) is 0 Å². The Balaban J connectivity index is 1.68. The van der Waals surface area contributed by atoms with Crippen LogP contribution < -0.4 is 5.43 Å². The van der Waals surface area contributed by atoms with Crippen LogP contribution in [0, 0.1) is 10.1 Å². The molecule has 0 spiro atoms. The van der Waals surface area contributed by atoms with Gasteiger partial charge < -0.3 is 4.74 Å². The molecule has 1 amide bonds. The Labute approximate surface area is 157 Å². The minimum Gasteiger partial charge on any atom is -0.465 e. The second-order valence-electron chi connectivity index (χ2n) is 5.40. The maximum atomic E-state index is 12.2. The number of non-ortho nitro benzene ring substituents is 1. The quantitative estimate of drug-likeness (QED) is 0.314. The zero-order valence-electron chi connectivity index (χ0n) is 14.0. The van der Waals surface area contributed by atoms with Crippen LogP contribution in [0.4, 0.5) is 5.69 Å². The average Bonchev–Trinajstić information content (AvgIpc) is 3.11. The molecule has 0 atom stereocenters. The van der Waals surface area contributed by atoms with Crippen LogP contribution in [0.1, 0.15) is 25.6 Å². The van der Waals surface area contributed by atoms with Gasteiger partial charge >= 0.3 is 5.97 Å². The molecule has 2 aromatic carbocycles. The SMILES string of the molecule is COC(=O)c1ccc(C=NNC(=O)c2cc3cc([N+](=O)[O-])ccc3s2)cc1. The van der Waals surface area contributed by atoms with Crippen molar-refractivity contribution in [2.75, 3.05) is 7.11 Å². The second kappa shape index (κ2) is 7.75. The van der Waals surface area contributed by atoms with Gasteiger partial charge in [0.05, 0.1) is 28.7 Å². The summed E-state index contributed by atoms with van der Waals surface area (Å²) in [6.45, 7) is 0. The lowest BCUT2D eigenvalue weighted by atomic mass is 10.1. The number of hydrazone groups is 1. The van der Waals surface area contributed by atoms with Gasteiger partial charge in [-0.05, 0) is 29.8 Å². The number of hydrogen-bond donors (Lipinski definition) is 1. The molecule has 0 radical (unpaired) electrons. The molecule has 1 aromatic heterocycles. The molecule has 0 unspecified atom stereocenters. The smallest absolute Gasteiger partial charge is 0.337 e. The van der Waals surface area contributed by atoms with Crippen LogP contribution in [-0.4, -0.2) is 30.1 Å². The van der Waals surface area contributed by atoms with E-state index in [1.807, 2.05) is 0 Å². The van der Waals surface area contributed by atoms with Gasteiger partial charge in [-0.15, -0.1) is 11.3 Å². The summed E-state index contributed by atoms with van der Waals surface area (Å²) in [7, 11) is 1.31. The monoisotopic (exact) mass is 383 g/mol. The fourth-order valence-corrected chi connectivity index (χ4v) is 3.23. The van der Waals surface area contributed by atoms with E-state index in [0.717, 1.165) is 4.70 Å². The number of hydrogen-bond acceptors (Lipinski definition) is 7. The number of carbonyl (C=O) groups is 2. The van der Waals surface area contributed by atoms with Gasteiger partial charge in [0.25, 0.3) is 11.6 Å². The van der Waals surface area contributed by atoms with E-state index in [2.05, 4.69) is 15.3 Å². The van der Waals surface area contributed by atoms with Crippen molar-refractivity contribution in [2.24, 2.45) is 5.10 Å². The standard InChI is InChI=1S/C18H13N3O5S/c1-26-18(23)12-4-2-11(3-5-12)10-19-20-17(22)16-9-13-8-14(21(24)25)6-7-15(13)27-16/h2-10H,1H3,(H,20,22). The number of fused-ring (bicyclic) bond motifs is 1. The minimum atomic E-state index is -0.480. The number of nitrogens with one attached hydrogen (secondary N) is 1. The fraction of sp³-hybridized carbons (Fsp3) is 0.0556. The van der Waals surface area contributed by atoms with Crippen LogP contribution in [0.5, 0.6) is 0 Å². The molecule has 3 aromatic rings. The number of thiophene rings is 1. The Morgan fingerprint density at radius 1 is 1.19 bits per heavy atom. The van der Waals surface area contributed by atoms with Gasteiger partial charge in [0.2, 0.25) is 0 Å². The predicted octanol–water partition coefficient (Wildman–Crippen LogP) is 3.36. The highest BCUT2D eigenvalue weighted by atomic mass is 32.1. The molecule has 27 heavy (non-hydrogen) atoms. The zero-order chi connectivity index (χ0) is 19.4. The molecule has 1 N–H and O–H groups in total. The normalized spacial score (nSPS) is 10.9. The van der Waals surface area contributed by atoms with Crippen molar-refractivity contribution in [3.05, 3.63) is 74.6 Å². The van der Waals surface area contributed by atoms with Crippen LogP contribution in [0.2, 0.25) is 0 Å². The summed E-state index contributed by atoms with van der Waals surface area (Å²) in [6, 6.07) is 12.5. The number of amides is 1. The molecule has 0 aliphatic rings. The van der Waals surface area contributed by atoms with Crippen LogP contribution in [0.25, 0.3) is 10.1 Å². The molecule has 9 heteroatoms. The van der Waals surface area contributed by atoms with Crippen molar-refractivity contribution in [2.45, 2.75) is 0 Å². The third-order valence-electron chi connectivity index (χ3n) is 3.65. The summed E-state index contributed by atoms with van der Waals surface area (Å²) >= 11 is 1.22. The minimum absolute atomic E-state index is 0.0271. The van der Waals surface area contributed by atoms with Crippen LogP contribution in [0.15, 0.2) is 53.6 Å². The molecule has 3 rings (SSSR count). The first-order chi connectivity index (χ1) is 13.0. The molecule has 0 aliphatic heterocycles. The second-order valence-corrected chi connectivity index (χ2v) is 6.49. The van der Waals surface area contributed by atoms with E-state index in [1.165, 1.54) is 36.8 Å². The van der Waals surface area contributed by atoms with Gasteiger partial charge in [-0.2, -0.15) is 5.10 Å². The van der Waals surface area contributed by atoms with E-state index >= 15 is 0 Å². The lowest BCUT2D eigenvalue weighted by Gasteiger charge is -1.99. The number of ether oxygens (including phenoxy) is 1. The number of benzene rings is 2. The maximum absolute atomic E-state index is 12.2. The number of nitrogens with zero attached hydrogens (tertiary/aromatic N) is 2. The Morgan fingerprint density at radius 2 is 1.93 bits per heavy atom. The van der Waals surface area contributed by atoms with Crippen molar-refractivity contribution in [1.29, 1.82) is 0 Å². The first-order valence-corrected chi connectivity index (χ1v) is 8.49. The summed E-state index contributed by atoms with van der Waals surface area (Å²) < 4.78 is 5.39. The van der Waals surface area contributed by atoms with Crippen molar-refractivity contribution >= 4 is 45.2 Å². The van der Waals surface area contributed by atoms with E-state index in [0.29, 0.717) is 21.4 Å². The molecule has 8 nitrogen and oxygen atoms in total. The molecule has 0 saturated heterocycles. The first-order valence-electron chi connectivity index (χ1n) is 7.67. The highest BCUT2D eigenvalue weighted by Crippen LogP contribution is 2.28. The van der Waals surface area contributed by atoms with Crippen LogP contribution in [-0.2, 0) is 4.74 Å². The van der Waals surface area contributed by atoms with Gasteiger partial charge in [0, 0.05) is 22.2 Å². The highest BCUT2D eigenvalue weighted by Gasteiger charge is 2.13. The third-order valence-corrected chi connectivity index (χ3v) is 4.76. The number of carbonyl (C=O) groups excluding carboxylic acids is 2. The van der Waals surface area contributed by atoms with Crippen LogP contribution >= 0.6 is 11.3 Å². The molecule has 0 bridgehead atoms. The summed E-state index contributed by atoms with van der Waals surface area (Å²) in [4.78, 5) is 34.3. The van der Waals surface area contributed by atoms with Crippen LogP contribution in [0.3, 0.4) is 0 Å². The molecular formula is C18H13N3O5S.